The lowest BCUT2D eigenvalue weighted by Gasteiger charge is -2.27. The minimum Gasteiger partial charge on any atom is -0.105 e. The molecule has 0 nitrogen and oxygen atoms in total. The molecule has 200 valence electrons. The van der Waals surface area contributed by atoms with E-state index in [2.05, 4.69) is 118 Å². The van der Waals surface area contributed by atoms with E-state index in [0.717, 1.165) is 40.1 Å². The molecule has 0 bridgehead atoms. The SMILES string of the molecule is C=C/C(=C\C=C(/C)CC1=CC=C(C(C)(C)c2ccc(SC3C#CC/C=C(/C(C)=S)C=C3)cc2)C=CC1)C(C)=S. The molecule has 0 fully saturated rings. The van der Waals surface area contributed by atoms with E-state index in [9.17, 15) is 0 Å². The van der Waals surface area contributed by atoms with Crippen molar-refractivity contribution < 1.29 is 0 Å². The van der Waals surface area contributed by atoms with Gasteiger partial charge in [0.15, 0.2) is 0 Å². The lowest BCUT2D eigenvalue weighted by Crippen LogP contribution is -2.19. The fourth-order valence-electron chi connectivity index (χ4n) is 4.42. The number of benzene rings is 1. The lowest BCUT2D eigenvalue weighted by molar-refractivity contribution is 0.638. The Morgan fingerprint density at radius 3 is 2.49 bits per heavy atom. The van der Waals surface area contributed by atoms with E-state index in [-0.39, 0.29) is 10.7 Å². The predicted octanol–water partition coefficient (Wildman–Crippen LogP) is 10.4. The quantitative estimate of drug-likeness (QED) is 0.120. The molecule has 39 heavy (non-hydrogen) atoms. The molecule has 1 aromatic carbocycles. The number of allylic oxidation sites excluding steroid dienone is 14. The monoisotopic (exact) mass is 566 g/mol. The summed E-state index contributed by atoms with van der Waals surface area (Å²) >= 11 is 12.4. The highest BCUT2D eigenvalue weighted by Gasteiger charge is 2.24. The first-order valence-corrected chi connectivity index (χ1v) is 15.0. The summed E-state index contributed by atoms with van der Waals surface area (Å²) in [7, 11) is 0. The number of thiocarbonyl (C=S) groups is 2. The van der Waals surface area contributed by atoms with E-state index in [1.54, 1.807) is 11.8 Å². The maximum absolute atomic E-state index is 5.36. The Labute approximate surface area is 251 Å². The average molecular weight is 567 g/mol. The van der Waals surface area contributed by atoms with Crippen LogP contribution in [0.25, 0.3) is 0 Å². The Balaban J connectivity index is 1.72. The molecule has 0 saturated heterocycles. The second-order valence-electron chi connectivity index (χ2n) is 10.4. The van der Waals surface area contributed by atoms with Crippen molar-refractivity contribution in [3.8, 4) is 11.8 Å². The summed E-state index contributed by atoms with van der Waals surface area (Å²) in [6.45, 7) is 14.5. The van der Waals surface area contributed by atoms with E-state index in [0.29, 0.717) is 0 Å². The summed E-state index contributed by atoms with van der Waals surface area (Å²) in [6, 6.07) is 8.96. The minimum atomic E-state index is -0.106. The van der Waals surface area contributed by atoms with Crippen LogP contribution in [-0.4, -0.2) is 15.0 Å². The van der Waals surface area contributed by atoms with Crippen LogP contribution in [0.2, 0.25) is 0 Å². The summed E-state index contributed by atoms with van der Waals surface area (Å²) in [5, 5.41) is 0.118. The Bertz CT molecular complexity index is 1390. The Kier molecular flexibility index (Phi) is 11.5. The molecule has 1 aromatic rings. The predicted molar refractivity (Wildman–Crippen MR) is 182 cm³/mol. The molecule has 0 aromatic heterocycles. The largest absolute Gasteiger partial charge is 0.105 e. The zero-order chi connectivity index (χ0) is 28.4. The maximum Gasteiger partial charge on any atom is 0.0887 e. The van der Waals surface area contributed by atoms with Crippen LogP contribution in [-0.2, 0) is 5.41 Å². The molecule has 2 aliphatic carbocycles. The zero-order valence-corrected chi connectivity index (χ0v) is 26.2. The molecule has 0 saturated carbocycles. The van der Waals surface area contributed by atoms with E-state index in [1.165, 1.54) is 27.2 Å². The van der Waals surface area contributed by atoms with Gasteiger partial charge in [-0.05, 0) is 68.0 Å². The lowest BCUT2D eigenvalue weighted by atomic mass is 9.77. The van der Waals surface area contributed by atoms with Gasteiger partial charge < -0.3 is 0 Å². The van der Waals surface area contributed by atoms with Crippen molar-refractivity contribution >= 4 is 45.9 Å². The molecule has 0 amide bonds. The highest BCUT2D eigenvalue weighted by atomic mass is 32.2. The third kappa shape index (κ3) is 9.14. The molecule has 3 rings (SSSR count). The number of thioether (sulfide) groups is 1. The first-order valence-electron chi connectivity index (χ1n) is 13.3. The van der Waals surface area contributed by atoms with Crippen LogP contribution in [0.3, 0.4) is 0 Å². The molecule has 0 N–H and O–H groups in total. The van der Waals surface area contributed by atoms with Gasteiger partial charge in [0.2, 0.25) is 0 Å². The van der Waals surface area contributed by atoms with Gasteiger partial charge in [-0.1, -0.05) is 141 Å². The van der Waals surface area contributed by atoms with E-state index >= 15 is 0 Å². The van der Waals surface area contributed by atoms with E-state index in [1.807, 2.05) is 19.9 Å². The standard InChI is InChI=1S/C36H38S3/c1-7-30(27(3)37)17-15-26(2)25-29-11-10-13-32(19-16-29)36(5,6)33-20-23-35(24-21-33)39-34-14-9-8-12-31(18-22-34)28(4)38/h7,10,12-13,15-24,34H,1,8,11,25H2,2-6H3/b22-18?,26-15+,30-17+,31-12+. The smallest absolute Gasteiger partial charge is 0.0887 e. The van der Waals surface area contributed by atoms with Crippen LogP contribution >= 0.6 is 36.2 Å². The molecule has 2 aliphatic rings. The molecule has 1 unspecified atom stereocenters. The fourth-order valence-corrected chi connectivity index (χ4v) is 5.60. The average Bonchev–Trinajstić information content (AvgIpc) is 3.12. The topological polar surface area (TPSA) is 0 Å². The van der Waals surface area contributed by atoms with Crippen LogP contribution in [0.5, 0.6) is 0 Å². The Hall–Kier alpha value is -2.77. The Morgan fingerprint density at radius 1 is 1.08 bits per heavy atom. The summed E-state index contributed by atoms with van der Waals surface area (Å²) in [5.41, 5.74) is 7.33. The van der Waals surface area contributed by atoms with Gasteiger partial charge in [-0.2, -0.15) is 0 Å². The first-order chi connectivity index (χ1) is 18.6. The van der Waals surface area contributed by atoms with Gasteiger partial charge in [-0.25, -0.2) is 0 Å². The van der Waals surface area contributed by atoms with Gasteiger partial charge >= 0.3 is 0 Å². The van der Waals surface area contributed by atoms with Crippen LogP contribution < -0.4 is 0 Å². The first kappa shape index (κ1) is 30.8. The normalized spacial score (nSPS) is 19.3. The Morgan fingerprint density at radius 2 is 1.82 bits per heavy atom. The maximum atomic E-state index is 5.36. The van der Waals surface area contributed by atoms with Crippen molar-refractivity contribution in [1.82, 2.24) is 0 Å². The molecule has 3 heteroatoms. The van der Waals surface area contributed by atoms with Gasteiger partial charge in [-0.3, -0.25) is 0 Å². The third-order valence-corrected chi connectivity index (χ3v) is 8.49. The zero-order valence-electron chi connectivity index (χ0n) is 23.7. The van der Waals surface area contributed by atoms with Crippen molar-refractivity contribution in [2.45, 2.75) is 69.4 Å². The van der Waals surface area contributed by atoms with Gasteiger partial charge in [0.25, 0.3) is 0 Å². The van der Waals surface area contributed by atoms with Crippen molar-refractivity contribution in [2.75, 3.05) is 0 Å². The molecule has 1 atom stereocenters. The van der Waals surface area contributed by atoms with Crippen LogP contribution in [0, 0.1) is 11.8 Å². The number of rotatable bonds is 10. The third-order valence-electron chi connectivity index (χ3n) is 6.94. The summed E-state index contributed by atoms with van der Waals surface area (Å²) < 4.78 is 0. The second-order valence-corrected chi connectivity index (χ2v) is 12.9. The van der Waals surface area contributed by atoms with Crippen molar-refractivity contribution in [1.29, 1.82) is 0 Å². The molecule has 0 spiro atoms. The van der Waals surface area contributed by atoms with Crippen LogP contribution in [0.15, 0.2) is 124 Å². The van der Waals surface area contributed by atoms with E-state index in [4.69, 9.17) is 24.4 Å². The van der Waals surface area contributed by atoms with Gasteiger partial charge in [-0.15, -0.1) is 11.8 Å². The van der Waals surface area contributed by atoms with Gasteiger partial charge in [0, 0.05) is 26.5 Å². The minimum absolute atomic E-state index is 0.106. The summed E-state index contributed by atoms with van der Waals surface area (Å²) in [4.78, 5) is 3.00. The van der Waals surface area contributed by atoms with Crippen LogP contribution in [0.4, 0.5) is 0 Å². The fraction of sp³-hybridized carbons (Fsp3) is 0.278. The highest BCUT2D eigenvalue weighted by molar-refractivity contribution is 8.00. The molecule has 0 aliphatic heterocycles. The molecule has 0 radical (unpaired) electrons. The highest BCUT2D eigenvalue weighted by Crippen LogP contribution is 2.36. The molecular weight excluding hydrogens is 529 g/mol. The number of hydrogen-bond acceptors (Lipinski definition) is 3. The number of hydrogen-bond donors (Lipinski definition) is 0. The second kappa shape index (κ2) is 14.6. The van der Waals surface area contributed by atoms with Crippen molar-refractivity contribution in [2.24, 2.45) is 0 Å². The summed E-state index contributed by atoms with van der Waals surface area (Å²) in [6.07, 6.45) is 24.2. The van der Waals surface area contributed by atoms with E-state index < -0.39 is 0 Å². The van der Waals surface area contributed by atoms with Crippen molar-refractivity contribution in [3.05, 3.63) is 125 Å². The van der Waals surface area contributed by atoms with Crippen molar-refractivity contribution in [3.63, 3.8) is 0 Å². The van der Waals surface area contributed by atoms with Crippen LogP contribution in [0.1, 0.15) is 59.4 Å². The van der Waals surface area contributed by atoms with Gasteiger partial charge in [0.1, 0.15) is 0 Å². The van der Waals surface area contributed by atoms with Gasteiger partial charge in [0.05, 0.1) is 5.25 Å². The molecular formula is C36H38S3. The summed E-state index contributed by atoms with van der Waals surface area (Å²) in [5.74, 6) is 6.64. The molecule has 0 heterocycles.